The van der Waals surface area contributed by atoms with Crippen molar-refractivity contribution in [3.8, 4) is 79.3 Å². The van der Waals surface area contributed by atoms with Crippen LogP contribution in [0.15, 0.2) is 193 Å². The summed E-state index contributed by atoms with van der Waals surface area (Å²) in [5, 5.41) is 2.05. The number of hydrogen-bond acceptors (Lipinski definition) is 8. The van der Waals surface area contributed by atoms with E-state index in [4.69, 9.17) is 39.3 Å². The van der Waals surface area contributed by atoms with Crippen LogP contribution in [-0.4, -0.2) is 34.9 Å². The van der Waals surface area contributed by atoms with Gasteiger partial charge in [-0.05, 0) is 66.7 Å². The van der Waals surface area contributed by atoms with Crippen molar-refractivity contribution in [1.82, 2.24) is 34.9 Å². The van der Waals surface area contributed by atoms with Crippen LogP contribution in [0.3, 0.4) is 0 Å². The molecule has 0 saturated carbocycles. The predicted octanol–water partition coefficient (Wildman–Crippen LogP) is 12.2. The second kappa shape index (κ2) is 14.4. The van der Waals surface area contributed by atoms with E-state index < -0.39 is 0 Å². The maximum absolute atomic E-state index is 6.38. The van der Waals surface area contributed by atoms with Crippen LogP contribution in [-0.2, 0) is 0 Å². The van der Waals surface area contributed by atoms with E-state index in [1.54, 1.807) is 0 Å². The monoisotopic (exact) mass is 757 g/mol. The summed E-state index contributed by atoms with van der Waals surface area (Å²) < 4.78 is 6.38. The smallest absolute Gasteiger partial charge is 0.227 e. The topological polar surface area (TPSA) is 103 Å². The molecule has 0 fully saturated rings. The summed E-state index contributed by atoms with van der Waals surface area (Å²) in [5.74, 6) is 1.50. The predicted molar refractivity (Wildman–Crippen MR) is 234 cm³/mol. The van der Waals surface area contributed by atoms with Crippen LogP contribution in [0.2, 0.25) is 0 Å². The van der Waals surface area contributed by atoms with Gasteiger partial charge in [0.05, 0.1) is 33.8 Å². The van der Waals surface area contributed by atoms with Crippen LogP contribution in [0.4, 0.5) is 0 Å². The fourth-order valence-corrected chi connectivity index (χ4v) is 7.39. The summed E-state index contributed by atoms with van der Waals surface area (Å²) in [4.78, 5) is 35.3. The lowest BCUT2D eigenvalue weighted by atomic mass is 10.0. The third-order valence-corrected chi connectivity index (χ3v) is 10.4. The number of pyridine rings is 2. The summed E-state index contributed by atoms with van der Waals surface area (Å²) in [6, 6.07) is 58.6. The van der Waals surface area contributed by atoms with Crippen molar-refractivity contribution in [3.05, 3.63) is 188 Å². The summed E-state index contributed by atoms with van der Waals surface area (Å²) >= 11 is 0. The van der Waals surface area contributed by atoms with Crippen molar-refractivity contribution in [2.75, 3.05) is 0 Å². The molecule has 0 atom stereocenters. The van der Waals surface area contributed by atoms with Crippen LogP contribution >= 0.6 is 0 Å². The number of para-hydroxylation sites is 4. The molecule has 0 radical (unpaired) electrons. The average Bonchev–Trinajstić information content (AvgIpc) is 3.76. The molecule has 0 bridgehead atoms. The highest BCUT2D eigenvalue weighted by atomic mass is 16.3. The third kappa shape index (κ3) is 6.64. The third-order valence-electron chi connectivity index (χ3n) is 10.4. The quantitative estimate of drug-likeness (QED) is 0.158. The fraction of sp³-hybridized carbons (Fsp3) is 0. The van der Waals surface area contributed by atoms with Gasteiger partial charge in [-0.3, -0.25) is 9.97 Å². The summed E-state index contributed by atoms with van der Waals surface area (Å²) in [7, 11) is 0. The molecule has 8 heteroatoms. The minimum atomic E-state index is 0.464. The molecular weight excluding hydrogens is 727 g/mol. The summed E-state index contributed by atoms with van der Waals surface area (Å²) in [5.41, 5.74) is 12.3. The van der Waals surface area contributed by atoms with Gasteiger partial charge in [0.2, 0.25) is 5.89 Å². The van der Waals surface area contributed by atoms with Crippen molar-refractivity contribution >= 4 is 32.9 Å². The van der Waals surface area contributed by atoms with Gasteiger partial charge < -0.3 is 4.42 Å². The first-order valence-electron chi connectivity index (χ1n) is 19.3. The highest BCUT2D eigenvalue weighted by Crippen LogP contribution is 2.36. The number of nitrogens with zero attached hydrogens (tertiary/aromatic N) is 7. The van der Waals surface area contributed by atoms with Gasteiger partial charge >= 0.3 is 0 Å². The first-order valence-corrected chi connectivity index (χ1v) is 19.3. The van der Waals surface area contributed by atoms with Crippen LogP contribution in [0.1, 0.15) is 0 Å². The fourth-order valence-electron chi connectivity index (χ4n) is 7.39. The Morgan fingerprint density at radius 1 is 0.305 bits per heavy atom. The number of hydrogen-bond donors (Lipinski definition) is 0. The van der Waals surface area contributed by atoms with Crippen LogP contribution in [0.25, 0.3) is 112 Å². The Morgan fingerprint density at radius 2 is 0.729 bits per heavy atom. The standard InChI is InChI=1S/C51H31N7O/c1-3-13-32(14-4-1)44-28-46(39-23-34-17-7-9-19-41(34)52-30-39)56-49(54-44)36-25-37(27-38(26-36)51-58-43-21-11-12-22-48(43)59-51)50-55-45(33-15-5-2-6-16-33)29-47(57-50)40-24-35-18-8-10-20-42(35)53-31-40/h1-31H. The molecule has 11 rings (SSSR count). The Kier molecular flexibility index (Phi) is 8.29. The molecule has 5 aromatic heterocycles. The zero-order valence-corrected chi connectivity index (χ0v) is 31.4. The minimum Gasteiger partial charge on any atom is -0.436 e. The van der Waals surface area contributed by atoms with Crippen molar-refractivity contribution in [3.63, 3.8) is 0 Å². The van der Waals surface area contributed by atoms with E-state index in [9.17, 15) is 0 Å². The minimum absolute atomic E-state index is 0.464. The van der Waals surface area contributed by atoms with E-state index in [0.717, 1.165) is 89.0 Å². The van der Waals surface area contributed by atoms with E-state index >= 15 is 0 Å². The molecule has 8 nitrogen and oxygen atoms in total. The van der Waals surface area contributed by atoms with Gasteiger partial charge in [-0.25, -0.2) is 24.9 Å². The molecule has 0 aliphatic carbocycles. The Bertz CT molecular complexity index is 3130. The van der Waals surface area contributed by atoms with Gasteiger partial charge in [-0.1, -0.05) is 109 Å². The summed E-state index contributed by atoms with van der Waals surface area (Å²) in [6.07, 6.45) is 3.74. The van der Waals surface area contributed by atoms with Gasteiger partial charge in [0.1, 0.15) is 5.52 Å². The number of rotatable bonds is 7. The van der Waals surface area contributed by atoms with Gasteiger partial charge in [-0.2, -0.15) is 0 Å². The number of aromatic nitrogens is 7. The van der Waals surface area contributed by atoms with E-state index in [2.05, 4.69) is 48.5 Å². The highest BCUT2D eigenvalue weighted by Gasteiger charge is 2.19. The normalized spacial score (nSPS) is 11.4. The second-order valence-corrected chi connectivity index (χ2v) is 14.3. The molecule has 0 spiro atoms. The van der Waals surface area contributed by atoms with Crippen LogP contribution in [0.5, 0.6) is 0 Å². The number of benzene rings is 6. The largest absolute Gasteiger partial charge is 0.436 e. The summed E-state index contributed by atoms with van der Waals surface area (Å²) in [6.45, 7) is 0. The van der Waals surface area contributed by atoms with Crippen molar-refractivity contribution in [2.45, 2.75) is 0 Å². The lowest BCUT2D eigenvalue weighted by Crippen LogP contribution is -1.99. The van der Waals surface area contributed by atoms with E-state index in [-0.39, 0.29) is 0 Å². The SMILES string of the molecule is c1ccc(-c2cc(-c3cnc4ccccc4c3)nc(-c3cc(-c4nc(-c5ccccc5)cc(-c5cnc6ccccc6c5)n4)cc(-c4nc5ccccc5o4)c3)n2)cc1. The first-order chi connectivity index (χ1) is 29.2. The molecule has 276 valence electrons. The highest BCUT2D eigenvalue weighted by molar-refractivity contribution is 5.86. The lowest BCUT2D eigenvalue weighted by Gasteiger charge is -2.13. The van der Waals surface area contributed by atoms with Gasteiger partial charge in [0.25, 0.3) is 0 Å². The molecule has 0 aliphatic heterocycles. The Balaban J connectivity index is 1.15. The number of oxazole rings is 1. The average molecular weight is 758 g/mol. The maximum Gasteiger partial charge on any atom is 0.227 e. The first kappa shape index (κ1) is 34.1. The van der Waals surface area contributed by atoms with E-state index in [1.165, 1.54) is 0 Å². The van der Waals surface area contributed by atoms with Gasteiger partial charge in [0.15, 0.2) is 17.2 Å². The maximum atomic E-state index is 6.38. The van der Waals surface area contributed by atoms with Crippen molar-refractivity contribution < 1.29 is 4.42 Å². The second-order valence-electron chi connectivity index (χ2n) is 14.3. The van der Waals surface area contributed by atoms with E-state index in [0.29, 0.717) is 23.1 Å². The Labute approximate surface area is 338 Å². The molecule has 0 amide bonds. The molecular formula is C51H31N7O. The molecule has 0 N–H and O–H groups in total. The lowest BCUT2D eigenvalue weighted by molar-refractivity contribution is 0.620. The zero-order valence-electron chi connectivity index (χ0n) is 31.4. The molecule has 0 unspecified atom stereocenters. The van der Waals surface area contributed by atoms with Crippen LogP contribution in [0, 0.1) is 0 Å². The van der Waals surface area contributed by atoms with Gasteiger partial charge in [-0.15, -0.1) is 0 Å². The van der Waals surface area contributed by atoms with Crippen molar-refractivity contribution in [1.29, 1.82) is 0 Å². The molecule has 11 aromatic rings. The Morgan fingerprint density at radius 3 is 1.24 bits per heavy atom. The molecule has 59 heavy (non-hydrogen) atoms. The zero-order chi connectivity index (χ0) is 39.1. The van der Waals surface area contributed by atoms with Crippen molar-refractivity contribution in [2.24, 2.45) is 0 Å². The van der Waals surface area contributed by atoms with Gasteiger partial charge in [0, 0.05) is 62.1 Å². The molecule has 6 aromatic carbocycles. The molecule has 0 saturated heterocycles. The molecule has 0 aliphatic rings. The Hall–Kier alpha value is -8.23. The van der Waals surface area contributed by atoms with Crippen LogP contribution < -0.4 is 0 Å². The molecule has 5 heterocycles. The van der Waals surface area contributed by atoms with E-state index in [1.807, 2.05) is 140 Å². The number of fused-ring (bicyclic) bond motifs is 3.